The lowest BCUT2D eigenvalue weighted by Gasteiger charge is -2.06. The van der Waals surface area contributed by atoms with Gasteiger partial charge in [0.15, 0.2) is 5.78 Å². The topological polar surface area (TPSA) is 17.1 Å². The molecule has 0 spiro atoms. The van der Waals surface area contributed by atoms with Gasteiger partial charge in [-0.05, 0) is 17.9 Å². The van der Waals surface area contributed by atoms with Gasteiger partial charge in [-0.15, -0.1) is 0 Å². The van der Waals surface area contributed by atoms with E-state index in [1.807, 2.05) is 12.1 Å². The summed E-state index contributed by atoms with van der Waals surface area (Å²) >= 11 is 0. The minimum Gasteiger partial charge on any atom is -0.294 e. The van der Waals surface area contributed by atoms with Gasteiger partial charge in [0, 0.05) is 12.0 Å². The van der Waals surface area contributed by atoms with Crippen LogP contribution >= 0.6 is 0 Å². The summed E-state index contributed by atoms with van der Waals surface area (Å²) in [6.45, 7) is 6.62. The molecule has 22 heavy (non-hydrogen) atoms. The van der Waals surface area contributed by atoms with E-state index < -0.39 is 0 Å². The smallest absolute Gasteiger partial charge is 0.162 e. The van der Waals surface area contributed by atoms with E-state index in [-0.39, 0.29) is 0 Å². The van der Waals surface area contributed by atoms with Crippen molar-refractivity contribution in [1.29, 1.82) is 0 Å². The standard InChI is InChI=1S/C21H34O/c1-4-5-6-7-8-9-10-11-12-13-21(22)20-16-14-19(15-17-20)18(2)3/h14-18H,4-13H2,1-3H3. The van der Waals surface area contributed by atoms with E-state index in [4.69, 9.17) is 0 Å². The van der Waals surface area contributed by atoms with E-state index in [1.165, 1.54) is 56.9 Å². The lowest BCUT2D eigenvalue weighted by Crippen LogP contribution is -1.99. The molecule has 1 heteroatoms. The van der Waals surface area contributed by atoms with E-state index in [2.05, 4.69) is 32.9 Å². The van der Waals surface area contributed by atoms with Crippen molar-refractivity contribution in [3.8, 4) is 0 Å². The normalized spacial score (nSPS) is 11.1. The second-order valence-corrected chi connectivity index (χ2v) is 6.78. The summed E-state index contributed by atoms with van der Waals surface area (Å²) in [6.07, 6.45) is 12.4. The van der Waals surface area contributed by atoms with Crippen LogP contribution in [-0.2, 0) is 0 Å². The third-order valence-corrected chi connectivity index (χ3v) is 4.41. The van der Waals surface area contributed by atoms with Gasteiger partial charge in [0.2, 0.25) is 0 Å². The second-order valence-electron chi connectivity index (χ2n) is 6.78. The molecule has 124 valence electrons. The maximum Gasteiger partial charge on any atom is 0.162 e. The molecule has 0 radical (unpaired) electrons. The van der Waals surface area contributed by atoms with E-state index in [0.717, 1.165) is 12.0 Å². The molecule has 1 rings (SSSR count). The summed E-state index contributed by atoms with van der Waals surface area (Å²) in [5, 5.41) is 0. The first-order chi connectivity index (χ1) is 10.6. The first-order valence-corrected chi connectivity index (χ1v) is 9.28. The number of hydrogen-bond donors (Lipinski definition) is 0. The van der Waals surface area contributed by atoms with Crippen molar-refractivity contribution in [2.45, 2.75) is 90.9 Å². The summed E-state index contributed by atoms with van der Waals surface area (Å²) < 4.78 is 0. The monoisotopic (exact) mass is 302 g/mol. The number of hydrogen-bond acceptors (Lipinski definition) is 1. The van der Waals surface area contributed by atoms with Gasteiger partial charge in [-0.1, -0.05) is 96.4 Å². The highest BCUT2D eigenvalue weighted by molar-refractivity contribution is 5.96. The molecule has 0 aromatic heterocycles. The van der Waals surface area contributed by atoms with Crippen LogP contribution in [0.25, 0.3) is 0 Å². The van der Waals surface area contributed by atoms with Crippen LogP contribution in [-0.4, -0.2) is 5.78 Å². The van der Waals surface area contributed by atoms with Crippen LogP contribution in [0, 0.1) is 0 Å². The molecule has 0 unspecified atom stereocenters. The van der Waals surface area contributed by atoms with Crippen LogP contribution in [0.1, 0.15) is 107 Å². The van der Waals surface area contributed by atoms with Crippen molar-refractivity contribution in [2.75, 3.05) is 0 Å². The molecule has 0 aliphatic carbocycles. The molecule has 0 aliphatic rings. The zero-order chi connectivity index (χ0) is 16.2. The Morgan fingerprint density at radius 1 is 0.818 bits per heavy atom. The largest absolute Gasteiger partial charge is 0.294 e. The van der Waals surface area contributed by atoms with E-state index in [1.54, 1.807) is 0 Å². The molecular weight excluding hydrogens is 268 g/mol. The van der Waals surface area contributed by atoms with Gasteiger partial charge in [0.05, 0.1) is 0 Å². The van der Waals surface area contributed by atoms with E-state index in [0.29, 0.717) is 18.1 Å². The average Bonchev–Trinajstić information content (AvgIpc) is 2.53. The summed E-state index contributed by atoms with van der Waals surface area (Å²) in [4.78, 5) is 12.1. The van der Waals surface area contributed by atoms with Crippen molar-refractivity contribution >= 4 is 5.78 Å². The maximum absolute atomic E-state index is 12.1. The average molecular weight is 303 g/mol. The number of rotatable bonds is 12. The molecule has 0 heterocycles. The van der Waals surface area contributed by atoms with Gasteiger partial charge < -0.3 is 0 Å². The fourth-order valence-corrected chi connectivity index (χ4v) is 2.79. The van der Waals surface area contributed by atoms with Crippen molar-refractivity contribution in [3.63, 3.8) is 0 Å². The summed E-state index contributed by atoms with van der Waals surface area (Å²) in [7, 11) is 0. The van der Waals surface area contributed by atoms with Gasteiger partial charge >= 0.3 is 0 Å². The first-order valence-electron chi connectivity index (χ1n) is 9.28. The molecule has 0 fully saturated rings. The molecule has 1 aromatic carbocycles. The quantitative estimate of drug-likeness (QED) is 0.303. The molecule has 0 N–H and O–H groups in total. The lowest BCUT2D eigenvalue weighted by atomic mass is 9.98. The Balaban J connectivity index is 2.10. The Morgan fingerprint density at radius 2 is 1.32 bits per heavy atom. The van der Waals surface area contributed by atoms with Crippen molar-refractivity contribution in [2.24, 2.45) is 0 Å². The van der Waals surface area contributed by atoms with Crippen molar-refractivity contribution in [1.82, 2.24) is 0 Å². The lowest BCUT2D eigenvalue weighted by molar-refractivity contribution is 0.0979. The Bertz CT molecular complexity index is 402. The van der Waals surface area contributed by atoms with E-state index >= 15 is 0 Å². The zero-order valence-electron chi connectivity index (χ0n) is 14.9. The molecule has 1 aromatic rings. The van der Waals surface area contributed by atoms with Gasteiger partial charge in [0.25, 0.3) is 0 Å². The van der Waals surface area contributed by atoms with Crippen LogP contribution in [0.3, 0.4) is 0 Å². The molecule has 0 saturated heterocycles. The second kappa shape index (κ2) is 11.5. The Hall–Kier alpha value is -1.11. The maximum atomic E-state index is 12.1. The van der Waals surface area contributed by atoms with E-state index in [9.17, 15) is 4.79 Å². The van der Waals surface area contributed by atoms with Crippen LogP contribution < -0.4 is 0 Å². The zero-order valence-corrected chi connectivity index (χ0v) is 14.9. The number of unbranched alkanes of at least 4 members (excludes halogenated alkanes) is 8. The van der Waals surface area contributed by atoms with Crippen molar-refractivity contribution < 1.29 is 4.79 Å². The van der Waals surface area contributed by atoms with Crippen molar-refractivity contribution in [3.05, 3.63) is 35.4 Å². The summed E-state index contributed by atoms with van der Waals surface area (Å²) in [5.74, 6) is 0.833. The third kappa shape index (κ3) is 7.77. The molecule has 0 atom stereocenters. The highest BCUT2D eigenvalue weighted by Crippen LogP contribution is 2.17. The number of carbonyl (C=O) groups excluding carboxylic acids is 1. The molecule has 0 aliphatic heterocycles. The first kappa shape index (κ1) is 18.9. The molecule has 0 saturated carbocycles. The minimum atomic E-state index is 0.304. The van der Waals surface area contributed by atoms with Crippen LogP contribution in [0.4, 0.5) is 0 Å². The number of carbonyl (C=O) groups is 1. The van der Waals surface area contributed by atoms with Crippen LogP contribution in [0.5, 0.6) is 0 Å². The molecular formula is C21H34O. The van der Waals surface area contributed by atoms with Gasteiger partial charge in [-0.25, -0.2) is 0 Å². The molecule has 0 bridgehead atoms. The van der Waals surface area contributed by atoms with Crippen LogP contribution in [0.2, 0.25) is 0 Å². The summed E-state index contributed by atoms with van der Waals surface area (Å²) in [5.41, 5.74) is 2.18. The van der Waals surface area contributed by atoms with Gasteiger partial charge in [-0.3, -0.25) is 4.79 Å². The summed E-state index contributed by atoms with van der Waals surface area (Å²) in [6, 6.07) is 8.17. The highest BCUT2D eigenvalue weighted by atomic mass is 16.1. The van der Waals surface area contributed by atoms with Gasteiger partial charge in [0.1, 0.15) is 0 Å². The fraction of sp³-hybridized carbons (Fsp3) is 0.667. The number of Topliss-reactive ketones (excluding diaryl/α,β-unsaturated/α-hetero) is 1. The SMILES string of the molecule is CCCCCCCCCCCC(=O)c1ccc(C(C)C)cc1. The fourth-order valence-electron chi connectivity index (χ4n) is 2.79. The predicted molar refractivity (Wildman–Crippen MR) is 96.7 cm³/mol. The molecule has 0 amide bonds. The molecule has 1 nitrogen and oxygen atoms in total. The third-order valence-electron chi connectivity index (χ3n) is 4.41. The number of benzene rings is 1. The Labute approximate surface area is 137 Å². The van der Waals surface area contributed by atoms with Gasteiger partial charge in [-0.2, -0.15) is 0 Å². The minimum absolute atomic E-state index is 0.304. The van der Waals surface area contributed by atoms with Crippen LogP contribution in [0.15, 0.2) is 24.3 Å². The predicted octanol–water partition coefficient (Wildman–Crippen LogP) is 6.91. The Kier molecular flexibility index (Phi) is 9.86. The highest BCUT2D eigenvalue weighted by Gasteiger charge is 2.06. The number of ketones is 1. The Morgan fingerprint density at radius 3 is 1.82 bits per heavy atom.